The van der Waals surface area contributed by atoms with E-state index < -0.39 is 0 Å². The van der Waals surface area contributed by atoms with Crippen LogP contribution in [-0.4, -0.2) is 24.3 Å². The van der Waals surface area contributed by atoms with Crippen molar-refractivity contribution < 1.29 is 9.47 Å². The first-order valence-corrected chi connectivity index (χ1v) is 13.4. The Morgan fingerprint density at radius 2 is 1.22 bits per heavy atom. The molecule has 0 saturated carbocycles. The van der Waals surface area contributed by atoms with Gasteiger partial charge in [0.1, 0.15) is 11.5 Å². The molecule has 4 aromatic rings. The van der Waals surface area contributed by atoms with Gasteiger partial charge in [0.05, 0.1) is 19.9 Å². The van der Waals surface area contributed by atoms with Crippen molar-refractivity contribution >= 4 is 55.5 Å². The second-order valence-electron chi connectivity index (χ2n) is 8.20. The zero-order chi connectivity index (χ0) is 25.2. The Labute approximate surface area is 242 Å². The van der Waals surface area contributed by atoms with Gasteiger partial charge >= 0.3 is 0 Å². The van der Waals surface area contributed by atoms with Gasteiger partial charge in [0, 0.05) is 23.3 Å². The van der Waals surface area contributed by atoms with Gasteiger partial charge < -0.3 is 14.4 Å². The molecule has 0 atom stereocenters. The van der Waals surface area contributed by atoms with E-state index in [2.05, 4.69) is 69.4 Å². The molecule has 0 fully saturated rings. The normalized spacial score (nSPS) is 10.9. The molecule has 0 heterocycles. The summed E-state index contributed by atoms with van der Waals surface area (Å²) in [6.45, 7) is 1.43. The van der Waals surface area contributed by atoms with Crippen molar-refractivity contribution in [2.75, 3.05) is 14.2 Å². The number of methoxy groups -OCH3 is 2. The molecule has 7 heteroatoms. The zero-order valence-electron chi connectivity index (χ0n) is 20.8. The molecule has 0 spiro atoms. The molecule has 37 heavy (non-hydrogen) atoms. The van der Waals surface area contributed by atoms with Gasteiger partial charge in [0.15, 0.2) is 5.17 Å². The maximum absolute atomic E-state index is 5.36. The Bertz CT molecular complexity index is 1200. The van der Waals surface area contributed by atoms with E-state index in [9.17, 15) is 0 Å². The average Bonchev–Trinajstić information content (AvgIpc) is 2.93. The van der Waals surface area contributed by atoms with Crippen LogP contribution in [0.5, 0.6) is 11.5 Å². The summed E-state index contributed by atoms with van der Waals surface area (Å²) in [5.41, 5.74) is 4.56. The summed E-state index contributed by atoms with van der Waals surface area (Å²) in [7, 11) is 3.38. The molecule has 4 rings (SSSR count). The number of hydrogen-bond donors (Lipinski definition) is 0. The molecule has 4 nitrogen and oxygen atoms in total. The summed E-state index contributed by atoms with van der Waals surface area (Å²) in [5, 5.41) is 0.966. The number of rotatable bonds is 9. The number of aliphatic imine (C=N–C) groups is 1. The van der Waals surface area contributed by atoms with Gasteiger partial charge in [0.25, 0.3) is 0 Å². The number of amidine groups is 1. The van der Waals surface area contributed by atoms with Crippen LogP contribution in [0.25, 0.3) is 0 Å². The lowest BCUT2D eigenvalue weighted by Gasteiger charge is -2.26. The number of ether oxygens (including phenoxy) is 2. The first-order valence-electron chi connectivity index (χ1n) is 11.6. The van der Waals surface area contributed by atoms with Gasteiger partial charge in [-0.1, -0.05) is 82.3 Å². The minimum Gasteiger partial charge on any atom is -0.497 e. The topological polar surface area (TPSA) is 34.1 Å². The molecule has 4 aromatic carbocycles. The predicted molar refractivity (Wildman–Crippen MR) is 165 cm³/mol. The number of thioether (sulfide) groups is 1. The van der Waals surface area contributed by atoms with Gasteiger partial charge in [-0.05, 0) is 65.2 Å². The van der Waals surface area contributed by atoms with Crippen molar-refractivity contribution in [2.24, 2.45) is 4.99 Å². The summed E-state index contributed by atoms with van der Waals surface area (Å²) in [6, 6.07) is 35.1. The van der Waals surface area contributed by atoms with E-state index >= 15 is 0 Å². The highest BCUT2D eigenvalue weighted by Crippen LogP contribution is 2.26. The summed E-state index contributed by atoms with van der Waals surface area (Å²) < 4.78 is 11.8. The third kappa shape index (κ3) is 8.95. The first kappa shape index (κ1) is 28.8. The van der Waals surface area contributed by atoms with E-state index in [4.69, 9.17) is 14.5 Å². The van der Waals surface area contributed by atoms with Gasteiger partial charge in [-0.3, -0.25) is 0 Å². The molecule has 0 radical (unpaired) electrons. The second-order valence-corrected chi connectivity index (χ2v) is 10.1. The van der Waals surface area contributed by atoms with Crippen LogP contribution in [0, 0.1) is 0 Å². The molecule has 0 aliphatic rings. The Balaban J connectivity index is 0.00000380. The van der Waals surface area contributed by atoms with Crippen LogP contribution in [0.3, 0.4) is 0 Å². The molecular weight excluding hydrogens is 612 g/mol. The lowest BCUT2D eigenvalue weighted by molar-refractivity contribution is 0.405. The molecule has 0 unspecified atom stereocenters. The van der Waals surface area contributed by atoms with Crippen LogP contribution >= 0.6 is 44.7 Å². The second kappa shape index (κ2) is 14.9. The highest BCUT2D eigenvalue weighted by atomic mass is 79.9. The third-order valence-electron chi connectivity index (χ3n) is 5.60. The Kier molecular flexibility index (Phi) is 11.6. The standard InChI is InChI=1S/C30H29BrN2O2S.BrH/c1-34-28-16-8-23(9-17-28)20-33(21-24-10-18-29(35-2)19-11-24)30(32-27-14-12-26(31)13-15-27)36-22-25-6-4-3-5-7-25;/h3-19H,20-22H2,1-2H3;1H. The van der Waals surface area contributed by atoms with Gasteiger partial charge in [-0.25, -0.2) is 4.99 Å². The first-order chi connectivity index (χ1) is 17.6. The van der Waals surface area contributed by atoms with Gasteiger partial charge in [-0.15, -0.1) is 17.0 Å². The minimum atomic E-state index is 0. The van der Waals surface area contributed by atoms with E-state index in [1.165, 1.54) is 16.7 Å². The number of hydrogen-bond acceptors (Lipinski definition) is 4. The average molecular weight is 642 g/mol. The molecular formula is C30H30Br2N2O2S. The van der Waals surface area contributed by atoms with Crippen molar-refractivity contribution in [1.82, 2.24) is 4.90 Å². The van der Waals surface area contributed by atoms with Crippen molar-refractivity contribution in [2.45, 2.75) is 18.8 Å². The van der Waals surface area contributed by atoms with Crippen molar-refractivity contribution in [3.63, 3.8) is 0 Å². The van der Waals surface area contributed by atoms with E-state index in [0.29, 0.717) is 13.1 Å². The lowest BCUT2D eigenvalue weighted by atomic mass is 10.1. The molecule has 0 N–H and O–H groups in total. The summed E-state index contributed by atoms with van der Waals surface area (Å²) in [4.78, 5) is 7.44. The van der Waals surface area contributed by atoms with Crippen LogP contribution in [0.2, 0.25) is 0 Å². The largest absolute Gasteiger partial charge is 0.497 e. The van der Waals surface area contributed by atoms with Gasteiger partial charge in [0.2, 0.25) is 0 Å². The maximum Gasteiger partial charge on any atom is 0.165 e. The van der Waals surface area contributed by atoms with Crippen LogP contribution in [0.15, 0.2) is 113 Å². The Morgan fingerprint density at radius 1 is 0.703 bits per heavy atom. The number of halogens is 2. The quantitative estimate of drug-likeness (QED) is 0.135. The highest BCUT2D eigenvalue weighted by Gasteiger charge is 2.15. The fourth-order valence-electron chi connectivity index (χ4n) is 3.64. The van der Waals surface area contributed by atoms with Crippen LogP contribution in [0.1, 0.15) is 16.7 Å². The molecule has 0 saturated heterocycles. The number of nitrogens with zero attached hydrogens (tertiary/aromatic N) is 2. The van der Waals surface area contributed by atoms with E-state index in [1.807, 2.05) is 54.6 Å². The third-order valence-corrected chi connectivity index (χ3v) is 7.21. The summed E-state index contributed by atoms with van der Waals surface area (Å²) in [6.07, 6.45) is 0. The van der Waals surface area contributed by atoms with Crippen LogP contribution < -0.4 is 9.47 Å². The molecule has 0 aliphatic heterocycles. The monoisotopic (exact) mass is 640 g/mol. The van der Waals surface area contributed by atoms with E-state index in [0.717, 1.165) is 32.6 Å². The molecule has 192 valence electrons. The van der Waals surface area contributed by atoms with Crippen molar-refractivity contribution in [3.05, 3.63) is 124 Å². The zero-order valence-corrected chi connectivity index (χ0v) is 25.0. The summed E-state index contributed by atoms with van der Waals surface area (Å²) in [5.74, 6) is 2.53. The number of benzene rings is 4. The fourth-order valence-corrected chi connectivity index (χ4v) is 4.87. The predicted octanol–water partition coefficient (Wildman–Crippen LogP) is 8.67. The molecule has 0 aliphatic carbocycles. The van der Waals surface area contributed by atoms with Gasteiger partial charge in [-0.2, -0.15) is 0 Å². The van der Waals surface area contributed by atoms with Crippen LogP contribution in [-0.2, 0) is 18.8 Å². The molecule has 0 bridgehead atoms. The Morgan fingerprint density at radius 3 is 1.70 bits per heavy atom. The van der Waals surface area contributed by atoms with Crippen LogP contribution in [0.4, 0.5) is 5.69 Å². The summed E-state index contributed by atoms with van der Waals surface area (Å²) >= 11 is 5.28. The Hall–Kier alpha value is -2.74. The van der Waals surface area contributed by atoms with E-state index in [-0.39, 0.29) is 17.0 Å². The molecule has 0 aromatic heterocycles. The van der Waals surface area contributed by atoms with E-state index in [1.54, 1.807) is 26.0 Å². The van der Waals surface area contributed by atoms with Crippen molar-refractivity contribution in [3.8, 4) is 11.5 Å². The smallest absolute Gasteiger partial charge is 0.165 e. The maximum atomic E-state index is 5.36. The molecule has 0 amide bonds. The highest BCUT2D eigenvalue weighted by molar-refractivity contribution is 9.10. The fraction of sp³-hybridized carbons (Fsp3) is 0.167. The minimum absolute atomic E-state index is 0. The SMILES string of the molecule is Br.COc1ccc(CN(Cc2ccc(OC)cc2)C(=Nc2ccc(Br)cc2)SCc2ccccc2)cc1. The lowest BCUT2D eigenvalue weighted by Crippen LogP contribution is -2.28. The van der Waals surface area contributed by atoms with Crippen molar-refractivity contribution in [1.29, 1.82) is 0 Å².